The SMILES string of the molecule is CCCC/C=C\C/C=C\CCCCCCCC(=O)OCC(O)COP(=O)(O)OCCNC(=O)CCCCCCC/C=C\CCCCCCC. The number of phosphoric ester groups is 1. The topological polar surface area (TPSA) is 131 Å². The van der Waals surface area contributed by atoms with Gasteiger partial charge in [0, 0.05) is 19.4 Å². The lowest BCUT2D eigenvalue weighted by atomic mass is 10.1. The number of aliphatic hydroxyl groups is 1. The lowest BCUT2D eigenvalue weighted by Crippen LogP contribution is -2.27. The van der Waals surface area contributed by atoms with Gasteiger partial charge in [0.05, 0.1) is 13.2 Å². The Labute approximate surface area is 299 Å². The Hall–Kier alpha value is -1.77. The zero-order valence-electron chi connectivity index (χ0n) is 31.1. The molecule has 10 heteroatoms. The van der Waals surface area contributed by atoms with Gasteiger partial charge in [-0.2, -0.15) is 0 Å². The Morgan fingerprint density at radius 3 is 1.71 bits per heavy atom. The maximum absolute atomic E-state index is 12.0. The zero-order chi connectivity index (χ0) is 36.1. The predicted molar refractivity (Wildman–Crippen MR) is 201 cm³/mol. The fourth-order valence-corrected chi connectivity index (χ4v) is 5.79. The van der Waals surface area contributed by atoms with Crippen LogP contribution in [0.15, 0.2) is 36.5 Å². The van der Waals surface area contributed by atoms with Crippen molar-refractivity contribution >= 4 is 19.7 Å². The van der Waals surface area contributed by atoms with Crippen LogP contribution in [0.5, 0.6) is 0 Å². The molecule has 2 unspecified atom stereocenters. The molecule has 0 radical (unpaired) electrons. The Kier molecular flexibility index (Phi) is 34.7. The summed E-state index contributed by atoms with van der Waals surface area (Å²) in [6.45, 7) is 3.46. The van der Waals surface area contributed by atoms with E-state index < -0.39 is 26.5 Å². The summed E-state index contributed by atoms with van der Waals surface area (Å²) in [6, 6.07) is 0. The average Bonchev–Trinajstić information content (AvgIpc) is 3.08. The van der Waals surface area contributed by atoms with E-state index in [0.29, 0.717) is 6.42 Å². The molecule has 0 aliphatic carbocycles. The number of carbonyl (C=O) groups is 2. The molecule has 0 aliphatic heterocycles. The van der Waals surface area contributed by atoms with Crippen LogP contribution in [0.3, 0.4) is 0 Å². The molecule has 3 N–H and O–H groups in total. The number of unbranched alkanes of at least 4 members (excludes halogenated alkanes) is 17. The highest BCUT2D eigenvalue weighted by atomic mass is 31.2. The molecule has 9 nitrogen and oxygen atoms in total. The van der Waals surface area contributed by atoms with Crippen LogP contribution in [0.1, 0.15) is 168 Å². The van der Waals surface area contributed by atoms with Gasteiger partial charge < -0.3 is 20.1 Å². The van der Waals surface area contributed by atoms with E-state index in [4.69, 9.17) is 13.8 Å². The standard InChI is InChI=1S/C39H72NO8P/c1-3-5-7-9-11-13-15-17-19-21-23-25-27-29-31-38(42)40-33-34-47-49(44,45)48-36-37(41)35-46-39(43)32-30-28-26-24-22-20-18-16-14-12-10-8-6-4-2/h10,12,15-18,37,41H,3-9,11,13-14,19-36H2,1-2H3,(H,40,42)(H,44,45)/b12-10-,17-15-,18-16-. The van der Waals surface area contributed by atoms with Crippen molar-refractivity contribution in [2.75, 3.05) is 26.4 Å². The molecule has 1 amide bonds. The van der Waals surface area contributed by atoms with Crippen molar-refractivity contribution < 1.29 is 37.9 Å². The fraction of sp³-hybridized carbons (Fsp3) is 0.795. The highest BCUT2D eigenvalue weighted by molar-refractivity contribution is 7.47. The lowest BCUT2D eigenvalue weighted by molar-refractivity contribution is -0.147. The smallest absolute Gasteiger partial charge is 0.463 e. The summed E-state index contributed by atoms with van der Waals surface area (Å²) in [5, 5.41) is 12.6. The van der Waals surface area contributed by atoms with Gasteiger partial charge >= 0.3 is 13.8 Å². The van der Waals surface area contributed by atoms with Crippen LogP contribution in [0.4, 0.5) is 0 Å². The maximum atomic E-state index is 12.0. The number of nitrogens with one attached hydrogen (secondary N) is 1. The lowest BCUT2D eigenvalue weighted by Gasteiger charge is -2.15. The van der Waals surface area contributed by atoms with E-state index in [9.17, 15) is 24.2 Å². The van der Waals surface area contributed by atoms with Crippen LogP contribution in [-0.2, 0) is 27.9 Å². The average molecular weight is 714 g/mol. The van der Waals surface area contributed by atoms with Crippen molar-refractivity contribution in [3.63, 3.8) is 0 Å². The molecule has 0 aromatic heterocycles. The van der Waals surface area contributed by atoms with Crippen molar-refractivity contribution in [2.24, 2.45) is 0 Å². The van der Waals surface area contributed by atoms with E-state index in [1.165, 1.54) is 57.8 Å². The van der Waals surface area contributed by atoms with E-state index in [2.05, 4.69) is 55.6 Å². The van der Waals surface area contributed by atoms with Gasteiger partial charge in [-0.05, 0) is 64.2 Å². The third kappa shape index (κ3) is 37.3. The van der Waals surface area contributed by atoms with Gasteiger partial charge in [0.2, 0.25) is 5.91 Å². The molecule has 0 rings (SSSR count). The van der Waals surface area contributed by atoms with E-state index in [0.717, 1.165) is 83.5 Å². The van der Waals surface area contributed by atoms with Crippen LogP contribution >= 0.6 is 7.82 Å². The van der Waals surface area contributed by atoms with E-state index in [1.807, 2.05) is 0 Å². The molecule has 0 bridgehead atoms. The summed E-state index contributed by atoms with van der Waals surface area (Å²) >= 11 is 0. The number of phosphoric acid groups is 1. The van der Waals surface area contributed by atoms with Gasteiger partial charge in [-0.3, -0.25) is 18.6 Å². The second-order valence-electron chi connectivity index (χ2n) is 12.9. The number of amides is 1. The largest absolute Gasteiger partial charge is 0.472 e. The molecule has 0 aromatic carbocycles. The molecule has 2 atom stereocenters. The number of hydrogen-bond donors (Lipinski definition) is 3. The van der Waals surface area contributed by atoms with Gasteiger partial charge in [0.1, 0.15) is 12.7 Å². The monoisotopic (exact) mass is 713 g/mol. The molecule has 0 saturated heterocycles. The van der Waals surface area contributed by atoms with Gasteiger partial charge in [-0.1, -0.05) is 127 Å². The third-order valence-corrected chi connectivity index (χ3v) is 9.03. The summed E-state index contributed by atoms with van der Waals surface area (Å²) in [7, 11) is -4.42. The predicted octanol–water partition coefficient (Wildman–Crippen LogP) is 10.2. The van der Waals surface area contributed by atoms with Crippen molar-refractivity contribution in [1.29, 1.82) is 0 Å². The van der Waals surface area contributed by atoms with E-state index >= 15 is 0 Å². The van der Waals surface area contributed by atoms with E-state index in [-0.39, 0.29) is 32.1 Å². The second-order valence-corrected chi connectivity index (χ2v) is 14.3. The van der Waals surface area contributed by atoms with Gasteiger partial charge in [0.15, 0.2) is 0 Å². The molecular weight excluding hydrogens is 641 g/mol. The Balaban J connectivity index is 3.66. The van der Waals surface area contributed by atoms with Crippen molar-refractivity contribution in [2.45, 2.75) is 174 Å². The van der Waals surface area contributed by atoms with Gasteiger partial charge in [-0.25, -0.2) is 4.57 Å². The minimum absolute atomic E-state index is 0.0754. The minimum atomic E-state index is -4.42. The maximum Gasteiger partial charge on any atom is 0.472 e. The van der Waals surface area contributed by atoms with Crippen LogP contribution in [0, 0.1) is 0 Å². The van der Waals surface area contributed by atoms with Crippen molar-refractivity contribution in [3.8, 4) is 0 Å². The number of hydrogen-bond acceptors (Lipinski definition) is 7. The van der Waals surface area contributed by atoms with E-state index in [1.54, 1.807) is 0 Å². The molecule has 49 heavy (non-hydrogen) atoms. The molecule has 0 aliphatic rings. The summed E-state index contributed by atoms with van der Waals surface area (Å²) in [4.78, 5) is 33.8. The summed E-state index contributed by atoms with van der Waals surface area (Å²) in [6.07, 6.45) is 37.8. The number of esters is 1. The Morgan fingerprint density at radius 2 is 1.12 bits per heavy atom. The summed E-state index contributed by atoms with van der Waals surface area (Å²) in [5.74, 6) is -0.541. The first-order valence-electron chi connectivity index (χ1n) is 19.5. The van der Waals surface area contributed by atoms with Crippen LogP contribution in [0.25, 0.3) is 0 Å². The number of rotatable bonds is 36. The van der Waals surface area contributed by atoms with Gasteiger partial charge in [-0.15, -0.1) is 0 Å². The number of carbonyl (C=O) groups excluding carboxylic acids is 2. The highest BCUT2D eigenvalue weighted by Crippen LogP contribution is 2.42. The molecule has 286 valence electrons. The zero-order valence-corrected chi connectivity index (χ0v) is 32.0. The first-order valence-corrected chi connectivity index (χ1v) is 21.0. The second kappa shape index (κ2) is 36.0. The normalized spacial score (nSPS) is 13.8. The molecule has 0 aromatic rings. The van der Waals surface area contributed by atoms with Crippen molar-refractivity contribution in [3.05, 3.63) is 36.5 Å². The van der Waals surface area contributed by atoms with Crippen LogP contribution in [0.2, 0.25) is 0 Å². The highest BCUT2D eigenvalue weighted by Gasteiger charge is 2.23. The number of allylic oxidation sites excluding steroid dienone is 6. The summed E-state index contributed by atoms with van der Waals surface area (Å²) in [5.41, 5.74) is 0. The third-order valence-electron chi connectivity index (χ3n) is 8.04. The van der Waals surface area contributed by atoms with Crippen LogP contribution in [-0.4, -0.2) is 54.3 Å². The summed E-state index contributed by atoms with van der Waals surface area (Å²) < 4.78 is 26.8. The van der Waals surface area contributed by atoms with Gasteiger partial charge in [0.25, 0.3) is 0 Å². The first-order chi connectivity index (χ1) is 23.8. The molecule has 0 saturated carbocycles. The molecule has 0 heterocycles. The molecule has 0 fully saturated rings. The number of ether oxygens (including phenoxy) is 1. The minimum Gasteiger partial charge on any atom is -0.463 e. The Bertz CT molecular complexity index is 907. The quantitative estimate of drug-likeness (QED) is 0.0253. The molecular formula is C39H72NO8P. The molecule has 0 spiro atoms. The van der Waals surface area contributed by atoms with Crippen LogP contribution < -0.4 is 5.32 Å². The van der Waals surface area contributed by atoms with Crippen molar-refractivity contribution in [1.82, 2.24) is 5.32 Å². The first kappa shape index (κ1) is 47.2. The fourth-order valence-electron chi connectivity index (χ4n) is 5.04. The Morgan fingerprint density at radius 1 is 0.633 bits per heavy atom. The number of aliphatic hydroxyl groups excluding tert-OH is 1.